The summed E-state index contributed by atoms with van der Waals surface area (Å²) in [5.74, 6) is -1.66. The molecule has 624 valence electrons. The number of rotatable bonds is 30. The maximum Gasteiger partial charge on any atom is 0.303 e. The highest BCUT2D eigenvalue weighted by molar-refractivity contribution is 7.09. The van der Waals surface area contributed by atoms with Crippen molar-refractivity contribution < 1.29 is 62.3 Å². The van der Waals surface area contributed by atoms with E-state index in [1.165, 1.54) is 62.3 Å². The van der Waals surface area contributed by atoms with E-state index in [2.05, 4.69) is 24.4 Å². The predicted octanol–water partition coefficient (Wildman–Crippen LogP) is 18.6. The Balaban J connectivity index is -0.000000126. The Kier molecular flexibility index (Phi) is 68.2. The SMILES string of the molecule is CC(=N)C(C#N)C(C)=O.CC(=N)C(C)(C)C(C)=O.CC(=N)C(C)C(C)=O.CC(=N)C(OC(C)=O)C(C)=O.CC(=N)CC(=O)[Si](C)(C)C.CC(=N)CC(=O)c1ccccc1.CC(=N)CC(C)=O.CC(C)(C)C(=N)CC(=O)C(C)(C)C.CCC(=N)CC(=O)CC.CCC(C(C)=N)C(C)=O.C[Si](C)(C)C(=N)CC(=O)[Si](C)(C)C. The topological polar surface area (TPSA) is 500 Å². The number of esters is 1. The minimum Gasteiger partial charge on any atom is -0.448 e. The number of Topliss-reactive ketones (excluding diaryl/α,β-unsaturated/α-hetero) is 9. The van der Waals surface area contributed by atoms with Gasteiger partial charge in [-0.05, 0) is 129 Å². The van der Waals surface area contributed by atoms with Gasteiger partial charge < -0.3 is 73.8 Å². The quantitative estimate of drug-likeness (QED) is 0.0148. The number of ketones is 9. The van der Waals surface area contributed by atoms with E-state index in [4.69, 9.17) is 64.8 Å². The second kappa shape index (κ2) is 61.3. The second-order valence-corrected chi connectivity index (χ2v) is 47.7. The first-order valence-electron chi connectivity index (χ1n) is 36.4. The number of nitrogens with one attached hydrogen (secondary N) is 11. The van der Waals surface area contributed by atoms with Gasteiger partial charge in [-0.2, -0.15) is 5.26 Å². The number of hydrogen-bond acceptors (Lipinski definition) is 25. The monoisotopic (exact) mass is 1590 g/mol. The molecule has 110 heavy (non-hydrogen) atoms. The minimum absolute atomic E-state index is 0.0168. The first-order chi connectivity index (χ1) is 49.0. The number of hydrogen-bond donors (Lipinski definition) is 11. The van der Waals surface area contributed by atoms with E-state index in [1.807, 2.05) is 120 Å². The fraction of sp³-hybridized carbons (Fsp3) is 0.634. The van der Waals surface area contributed by atoms with Crippen LogP contribution in [0.3, 0.4) is 0 Å². The molecule has 0 amide bonds. The van der Waals surface area contributed by atoms with E-state index in [9.17, 15) is 57.5 Å². The van der Waals surface area contributed by atoms with Crippen molar-refractivity contribution in [1.82, 2.24) is 0 Å². The number of benzene rings is 1. The predicted molar refractivity (Wildman–Crippen MR) is 464 cm³/mol. The summed E-state index contributed by atoms with van der Waals surface area (Å²) in [7, 11) is -4.78. The maximum atomic E-state index is 11.7. The van der Waals surface area contributed by atoms with E-state index in [0.717, 1.165) is 6.42 Å². The number of carbonyl (C=O) groups excluding carboxylic acids is 12. The van der Waals surface area contributed by atoms with E-state index >= 15 is 0 Å². The largest absolute Gasteiger partial charge is 0.448 e. The number of nitriles is 1. The highest BCUT2D eigenvalue weighted by Crippen LogP contribution is 2.23. The molecule has 0 heterocycles. The van der Waals surface area contributed by atoms with Crippen LogP contribution >= 0.6 is 0 Å². The molecule has 0 aliphatic heterocycles. The highest BCUT2D eigenvalue weighted by atomic mass is 28.3. The van der Waals surface area contributed by atoms with Crippen LogP contribution in [0.15, 0.2) is 30.3 Å². The van der Waals surface area contributed by atoms with Gasteiger partial charge in [0.2, 0.25) is 0 Å². The van der Waals surface area contributed by atoms with Crippen molar-refractivity contribution in [3.8, 4) is 6.07 Å². The van der Waals surface area contributed by atoms with Gasteiger partial charge in [0.15, 0.2) is 23.5 Å². The molecule has 0 spiro atoms. The van der Waals surface area contributed by atoms with Crippen LogP contribution in [0.5, 0.6) is 0 Å². The Labute approximate surface area is 664 Å². The lowest BCUT2D eigenvalue weighted by Crippen LogP contribution is -2.41. The van der Waals surface area contributed by atoms with Gasteiger partial charge in [-0.1, -0.05) is 158 Å². The van der Waals surface area contributed by atoms with Crippen molar-refractivity contribution >= 4 is 156 Å². The summed E-state index contributed by atoms with van der Waals surface area (Å²) in [5, 5.41) is 88.7. The lowest BCUT2D eigenvalue weighted by atomic mass is 9.81. The molecule has 1 aromatic rings. The number of ether oxygens (including phenoxy) is 1. The van der Waals surface area contributed by atoms with Crippen LogP contribution < -0.4 is 0 Å². The van der Waals surface area contributed by atoms with Crippen molar-refractivity contribution in [3.63, 3.8) is 0 Å². The molecule has 0 radical (unpaired) electrons. The van der Waals surface area contributed by atoms with Crippen LogP contribution in [0.25, 0.3) is 0 Å². The minimum atomic E-state index is -1.66. The molecule has 11 N–H and O–H groups in total. The molecule has 0 aromatic heterocycles. The summed E-state index contributed by atoms with van der Waals surface area (Å²) in [5.41, 5.74) is 3.52. The summed E-state index contributed by atoms with van der Waals surface area (Å²) in [6, 6.07) is 10.8. The van der Waals surface area contributed by atoms with Gasteiger partial charge in [-0.3, -0.25) is 47.9 Å². The van der Waals surface area contributed by atoms with Crippen LogP contribution in [-0.2, 0) is 57.5 Å². The van der Waals surface area contributed by atoms with Gasteiger partial charge in [0.05, 0.1) is 37.1 Å². The van der Waals surface area contributed by atoms with E-state index in [1.54, 1.807) is 80.5 Å². The Morgan fingerprint density at radius 1 is 0.455 bits per heavy atom. The molecule has 0 fully saturated rings. The molecule has 1 rings (SSSR count). The number of nitrogens with zero attached hydrogens (tertiary/aromatic N) is 1. The van der Waals surface area contributed by atoms with Crippen molar-refractivity contribution in [2.75, 3.05) is 0 Å². The van der Waals surface area contributed by atoms with Crippen LogP contribution in [-0.4, -0.2) is 162 Å². The van der Waals surface area contributed by atoms with Crippen molar-refractivity contribution in [1.29, 1.82) is 64.8 Å². The third-order valence-corrected chi connectivity index (χ3v) is 20.9. The fourth-order valence-corrected chi connectivity index (χ4v) is 8.69. The van der Waals surface area contributed by atoms with Crippen LogP contribution in [0.1, 0.15) is 255 Å². The average molecular weight is 1590 g/mol. The molecule has 0 saturated carbocycles. The van der Waals surface area contributed by atoms with E-state index in [-0.39, 0.29) is 104 Å². The lowest BCUT2D eigenvalue weighted by Gasteiger charge is -2.23. The van der Waals surface area contributed by atoms with E-state index in [0.29, 0.717) is 101 Å². The summed E-state index contributed by atoms with van der Waals surface area (Å²) < 4.78 is 4.56. The Morgan fingerprint density at radius 2 is 0.855 bits per heavy atom. The summed E-state index contributed by atoms with van der Waals surface area (Å²) in [6.45, 7) is 63.6. The van der Waals surface area contributed by atoms with E-state index < -0.39 is 47.6 Å². The molecule has 0 aliphatic carbocycles. The van der Waals surface area contributed by atoms with Crippen LogP contribution in [0, 0.1) is 105 Å². The van der Waals surface area contributed by atoms with Crippen LogP contribution in [0.2, 0.25) is 58.9 Å². The molecule has 28 heteroatoms. The molecule has 0 bridgehead atoms. The van der Waals surface area contributed by atoms with Crippen molar-refractivity contribution in [3.05, 3.63) is 35.9 Å². The standard InChI is InChI=1S/C11H21NO.C10H11NO.C9H21NOSi2.C7H11NO3.C7H15NOSi.3C7H13NO.C6H8N2O.C6H11NO.C5H9NO/c1-10(2,3)8(12)7-9(13)11(4,5)6;1-8(11)7-10(12)9-5-3-2-4-6-9;1-12(2,3)8(10)7-9(11)13(4,5)6;1-4(8)7(5(2)9)11-6(3)10;1-6(8)5-7(9)10(2,3)4;1-5(8)7(3,4)6(2)9;1-4-7(5(2)8)6(3)9;1-3-6(8)5-7(9)4-2;1-4(8)6(3-7)5(2)9;1-4(5(2)7)6(3)8;1-4(6)3-5(2)7/h12H,7H2,1-6H3;2-6,11H,7H2,1H3;10H,7H2,1-6H3;7-8H,1-3H3;8H,5H2,1-4H3;8H,1-4H3;7-8H,4H2,1-3H3;8H,3-5H2,1-2H3;6,8H,1-2H3;4,7H,1-3H3;6H,3H2,1-2H3. The average Bonchev–Trinajstić information content (AvgIpc) is 0.882. The molecule has 25 nitrogen and oxygen atoms in total. The Morgan fingerprint density at radius 3 is 1.01 bits per heavy atom. The maximum absolute atomic E-state index is 11.7. The normalized spacial score (nSPS) is 11.4. The zero-order chi connectivity index (χ0) is 90.5. The molecular formula is C82H146N12O13Si3. The van der Waals surface area contributed by atoms with Crippen LogP contribution in [0.4, 0.5) is 0 Å². The van der Waals surface area contributed by atoms with Crippen molar-refractivity contribution in [2.45, 2.75) is 310 Å². The molecule has 0 saturated heterocycles. The molecule has 1 aromatic carbocycles. The van der Waals surface area contributed by atoms with Gasteiger partial charge in [0.25, 0.3) is 0 Å². The van der Waals surface area contributed by atoms with Gasteiger partial charge in [0.1, 0.15) is 67.6 Å². The number of carbonyl (C=O) groups is 12. The van der Waals surface area contributed by atoms with Crippen molar-refractivity contribution in [2.24, 2.45) is 34.0 Å². The smallest absolute Gasteiger partial charge is 0.303 e. The molecule has 4 unspecified atom stereocenters. The molecule has 0 aliphatic rings. The zero-order valence-corrected chi connectivity index (χ0v) is 77.3. The summed E-state index contributed by atoms with van der Waals surface area (Å²) in [4.78, 5) is 130. The van der Waals surface area contributed by atoms with Gasteiger partial charge in [-0.25, -0.2) is 0 Å². The third kappa shape index (κ3) is 75.0. The zero-order valence-electron chi connectivity index (χ0n) is 74.3. The van der Waals surface area contributed by atoms with Gasteiger partial charge >= 0.3 is 5.97 Å². The summed E-state index contributed by atoms with van der Waals surface area (Å²) in [6.07, 6.45) is 2.96. The molecule has 4 atom stereocenters. The first kappa shape index (κ1) is 123. The fourth-order valence-electron chi connectivity index (χ4n) is 6.32. The Bertz CT molecular complexity index is 3190. The Hall–Kier alpha value is -8.43. The summed E-state index contributed by atoms with van der Waals surface area (Å²) >= 11 is 0. The molecular weight excluding hydrogens is 1450 g/mol. The third-order valence-electron chi connectivity index (χ3n) is 15.2. The van der Waals surface area contributed by atoms with Gasteiger partial charge in [0, 0.05) is 120 Å². The highest BCUT2D eigenvalue weighted by Gasteiger charge is 2.30. The lowest BCUT2D eigenvalue weighted by molar-refractivity contribution is -0.148. The first-order valence-corrected chi connectivity index (χ1v) is 46.9. The second-order valence-electron chi connectivity index (χ2n) is 32.4. The van der Waals surface area contributed by atoms with Gasteiger partial charge in [-0.15, -0.1) is 0 Å².